The maximum absolute atomic E-state index is 9.51. The highest BCUT2D eigenvalue weighted by molar-refractivity contribution is 5.32. The number of rotatable bonds is 3. The van der Waals surface area contributed by atoms with Crippen LogP contribution in [0.5, 0.6) is 11.5 Å². The van der Waals surface area contributed by atoms with Crippen LogP contribution in [0, 0.1) is 0 Å². The molecular formula is C13H12O2. The fraction of sp³-hybridized carbons (Fsp3) is 0.0769. The van der Waals surface area contributed by atoms with Crippen molar-refractivity contribution >= 4 is 0 Å². The molecule has 1 N–H and O–H groups in total. The van der Waals surface area contributed by atoms with Gasteiger partial charge in [0.05, 0.1) is 0 Å². The Morgan fingerprint density at radius 3 is 2.27 bits per heavy atom. The third kappa shape index (κ3) is 2.50. The standard InChI is InChI=1S/C13H12O2/c14-13-9-5-4-6-11(13)10-15-12-7-2-1-3-8-12/h1-9,14H,10H2. The summed E-state index contributed by atoms with van der Waals surface area (Å²) in [6.07, 6.45) is 0. The molecule has 0 saturated heterocycles. The van der Waals surface area contributed by atoms with Crippen molar-refractivity contribution in [2.45, 2.75) is 6.61 Å². The second-order valence-corrected chi connectivity index (χ2v) is 3.23. The molecule has 0 fully saturated rings. The zero-order chi connectivity index (χ0) is 10.5. The van der Waals surface area contributed by atoms with Gasteiger partial charge in [0.2, 0.25) is 0 Å². The molecule has 2 aromatic carbocycles. The van der Waals surface area contributed by atoms with Crippen LogP contribution >= 0.6 is 0 Å². The highest BCUT2D eigenvalue weighted by atomic mass is 16.5. The molecule has 0 aliphatic carbocycles. The average Bonchev–Trinajstić information content (AvgIpc) is 2.29. The summed E-state index contributed by atoms with van der Waals surface area (Å²) in [5.41, 5.74) is 0.793. The Labute approximate surface area is 88.8 Å². The van der Waals surface area contributed by atoms with Crippen LogP contribution < -0.4 is 4.74 Å². The Morgan fingerprint density at radius 1 is 0.867 bits per heavy atom. The molecule has 0 spiro atoms. The lowest BCUT2D eigenvalue weighted by molar-refractivity contribution is 0.299. The summed E-state index contributed by atoms with van der Waals surface area (Å²) >= 11 is 0. The van der Waals surface area contributed by atoms with E-state index >= 15 is 0 Å². The van der Waals surface area contributed by atoms with Crippen LogP contribution in [0.2, 0.25) is 0 Å². The van der Waals surface area contributed by atoms with Crippen molar-refractivity contribution < 1.29 is 9.84 Å². The molecule has 0 aliphatic heterocycles. The molecule has 0 saturated carbocycles. The molecule has 2 rings (SSSR count). The Hall–Kier alpha value is -1.96. The van der Waals surface area contributed by atoms with E-state index in [1.54, 1.807) is 12.1 Å². The van der Waals surface area contributed by atoms with Gasteiger partial charge in [-0.05, 0) is 18.2 Å². The summed E-state index contributed by atoms with van der Waals surface area (Å²) in [5, 5.41) is 9.51. The van der Waals surface area contributed by atoms with Gasteiger partial charge in [0.1, 0.15) is 18.1 Å². The van der Waals surface area contributed by atoms with Crippen molar-refractivity contribution in [2.24, 2.45) is 0 Å². The van der Waals surface area contributed by atoms with Crippen LogP contribution in [-0.2, 0) is 6.61 Å². The first kappa shape index (κ1) is 9.59. The molecule has 0 heterocycles. The summed E-state index contributed by atoms with van der Waals surface area (Å²) in [6, 6.07) is 16.7. The molecule has 0 unspecified atom stereocenters. The van der Waals surface area contributed by atoms with Crippen molar-refractivity contribution in [3.63, 3.8) is 0 Å². The quantitative estimate of drug-likeness (QED) is 0.825. The molecule has 0 aromatic heterocycles. The van der Waals surface area contributed by atoms with Crippen molar-refractivity contribution in [1.29, 1.82) is 0 Å². The molecule has 15 heavy (non-hydrogen) atoms. The van der Waals surface area contributed by atoms with Crippen LogP contribution in [0.25, 0.3) is 0 Å². The Bertz CT molecular complexity index is 424. The third-order valence-electron chi connectivity index (χ3n) is 2.13. The molecule has 0 amide bonds. The second kappa shape index (κ2) is 4.51. The van der Waals surface area contributed by atoms with Crippen molar-refractivity contribution in [2.75, 3.05) is 0 Å². The monoisotopic (exact) mass is 200 g/mol. The van der Waals surface area contributed by atoms with Crippen molar-refractivity contribution in [3.05, 3.63) is 60.2 Å². The van der Waals surface area contributed by atoms with Gasteiger partial charge in [-0.1, -0.05) is 36.4 Å². The normalized spacial score (nSPS) is 9.87. The number of hydrogen-bond donors (Lipinski definition) is 1. The van der Waals surface area contributed by atoms with E-state index in [1.807, 2.05) is 42.5 Å². The van der Waals surface area contributed by atoms with Crippen LogP contribution in [-0.4, -0.2) is 5.11 Å². The van der Waals surface area contributed by atoms with Gasteiger partial charge in [-0.3, -0.25) is 0 Å². The van der Waals surface area contributed by atoms with Crippen LogP contribution in [0.3, 0.4) is 0 Å². The lowest BCUT2D eigenvalue weighted by Gasteiger charge is -2.06. The zero-order valence-electron chi connectivity index (χ0n) is 8.26. The number of phenolic OH excluding ortho intramolecular Hbond substituents is 1. The van der Waals surface area contributed by atoms with Gasteiger partial charge in [0.25, 0.3) is 0 Å². The third-order valence-corrected chi connectivity index (χ3v) is 2.13. The molecule has 0 atom stereocenters. The molecule has 0 radical (unpaired) electrons. The van der Waals surface area contributed by atoms with E-state index < -0.39 is 0 Å². The highest BCUT2D eigenvalue weighted by Crippen LogP contribution is 2.18. The summed E-state index contributed by atoms with van der Waals surface area (Å²) in [6.45, 7) is 0.386. The molecule has 2 nitrogen and oxygen atoms in total. The maximum Gasteiger partial charge on any atom is 0.122 e. The molecule has 2 heteroatoms. The Kier molecular flexibility index (Phi) is 2.88. The Balaban J connectivity index is 2.03. The van der Waals surface area contributed by atoms with Gasteiger partial charge >= 0.3 is 0 Å². The van der Waals surface area contributed by atoms with Gasteiger partial charge in [0, 0.05) is 5.56 Å². The molecule has 0 bridgehead atoms. The SMILES string of the molecule is Oc1ccccc1COc1ccccc1. The first-order chi connectivity index (χ1) is 7.36. The van der Waals surface area contributed by atoms with E-state index in [0.29, 0.717) is 6.61 Å². The van der Waals surface area contributed by atoms with E-state index in [1.165, 1.54) is 0 Å². The minimum Gasteiger partial charge on any atom is -0.508 e. The minimum absolute atomic E-state index is 0.272. The smallest absolute Gasteiger partial charge is 0.122 e. The van der Waals surface area contributed by atoms with Gasteiger partial charge in [0.15, 0.2) is 0 Å². The molecule has 0 aliphatic rings. The number of benzene rings is 2. The minimum atomic E-state index is 0.272. The molecule has 76 valence electrons. The summed E-state index contributed by atoms with van der Waals surface area (Å²) in [7, 11) is 0. The van der Waals surface area contributed by atoms with Crippen molar-refractivity contribution in [1.82, 2.24) is 0 Å². The topological polar surface area (TPSA) is 29.5 Å². The van der Waals surface area contributed by atoms with E-state index in [-0.39, 0.29) is 5.75 Å². The average molecular weight is 200 g/mol. The van der Waals surface area contributed by atoms with Crippen LogP contribution in [0.1, 0.15) is 5.56 Å². The van der Waals surface area contributed by atoms with E-state index in [4.69, 9.17) is 4.74 Å². The number of para-hydroxylation sites is 2. The van der Waals surface area contributed by atoms with E-state index in [2.05, 4.69) is 0 Å². The molecule has 2 aromatic rings. The lowest BCUT2D eigenvalue weighted by Crippen LogP contribution is -1.95. The number of aromatic hydroxyl groups is 1. The van der Waals surface area contributed by atoms with Crippen molar-refractivity contribution in [3.8, 4) is 11.5 Å². The first-order valence-corrected chi connectivity index (χ1v) is 4.81. The van der Waals surface area contributed by atoms with Gasteiger partial charge < -0.3 is 9.84 Å². The number of ether oxygens (including phenoxy) is 1. The van der Waals surface area contributed by atoms with Gasteiger partial charge in [-0.15, -0.1) is 0 Å². The first-order valence-electron chi connectivity index (χ1n) is 4.81. The molecular weight excluding hydrogens is 188 g/mol. The van der Waals surface area contributed by atoms with Crippen LogP contribution in [0.4, 0.5) is 0 Å². The fourth-order valence-electron chi connectivity index (χ4n) is 1.31. The lowest BCUT2D eigenvalue weighted by atomic mass is 10.2. The van der Waals surface area contributed by atoms with Gasteiger partial charge in [-0.25, -0.2) is 0 Å². The number of phenols is 1. The van der Waals surface area contributed by atoms with E-state index in [0.717, 1.165) is 11.3 Å². The van der Waals surface area contributed by atoms with Crippen LogP contribution in [0.15, 0.2) is 54.6 Å². The predicted molar refractivity (Wildman–Crippen MR) is 58.9 cm³/mol. The Morgan fingerprint density at radius 2 is 1.53 bits per heavy atom. The largest absolute Gasteiger partial charge is 0.508 e. The zero-order valence-corrected chi connectivity index (χ0v) is 8.26. The van der Waals surface area contributed by atoms with Gasteiger partial charge in [-0.2, -0.15) is 0 Å². The highest BCUT2D eigenvalue weighted by Gasteiger charge is 1.99. The summed E-state index contributed by atoms with van der Waals surface area (Å²) < 4.78 is 5.51. The fourth-order valence-corrected chi connectivity index (χ4v) is 1.31. The summed E-state index contributed by atoms with van der Waals surface area (Å²) in [4.78, 5) is 0. The second-order valence-electron chi connectivity index (χ2n) is 3.23. The number of hydrogen-bond acceptors (Lipinski definition) is 2. The predicted octanol–water partition coefficient (Wildman–Crippen LogP) is 2.97. The summed E-state index contributed by atoms with van der Waals surface area (Å²) in [5.74, 6) is 1.08. The maximum atomic E-state index is 9.51. The van der Waals surface area contributed by atoms with E-state index in [9.17, 15) is 5.11 Å².